The van der Waals surface area contributed by atoms with E-state index in [1.165, 1.54) is 4.90 Å². The molecule has 1 aliphatic carbocycles. The lowest BCUT2D eigenvalue weighted by Crippen LogP contribution is -2.51. The molecule has 0 unspecified atom stereocenters. The fraction of sp³-hybridized carbons (Fsp3) is 0.429. The molecule has 0 spiro atoms. The largest absolute Gasteiger partial charge is 0.399 e. The fourth-order valence-electron chi connectivity index (χ4n) is 2.76. The molecule has 0 amide bonds. The first-order chi connectivity index (χ1) is 9.28. The highest BCUT2D eigenvalue weighted by atomic mass is 19.3. The lowest BCUT2D eigenvalue weighted by molar-refractivity contribution is -0.125. The van der Waals surface area contributed by atoms with Crippen LogP contribution in [-0.4, -0.2) is 30.0 Å². The maximum Gasteiger partial charge on any atom is 0.249 e. The Bertz CT molecular complexity index is 534. The van der Waals surface area contributed by atoms with Gasteiger partial charge >= 0.3 is 0 Å². The maximum absolute atomic E-state index is 13.4. The number of nitrogens with zero attached hydrogens (tertiary/aromatic N) is 1. The summed E-state index contributed by atoms with van der Waals surface area (Å²) in [7, 11) is 1.57. The molecule has 1 saturated carbocycles. The second-order valence-electron chi connectivity index (χ2n) is 5.48. The zero-order chi connectivity index (χ0) is 15.0. The Morgan fingerprint density at radius 3 is 2.60 bits per heavy atom. The van der Waals surface area contributed by atoms with Crippen LogP contribution in [0.2, 0.25) is 0 Å². The van der Waals surface area contributed by atoms with Gasteiger partial charge in [-0.3, -0.25) is 10.8 Å². The van der Waals surface area contributed by atoms with Gasteiger partial charge in [0.05, 0.1) is 6.34 Å². The summed E-state index contributed by atoms with van der Waals surface area (Å²) in [5, 5.41) is 15.0. The quantitative estimate of drug-likeness (QED) is 0.450. The van der Waals surface area contributed by atoms with E-state index in [-0.39, 0.29) is 25.1 Å². The van der Waals surface area contributed by atoms with Gasteiger partial charge in [0, 0.05) is 37.4 Å². The average molecular weight is 280 g/mol. The molecule has 0 bridgehead atoms. The number of hydrogen-bond acceptors (Lipinski definition) is 3. The van der Waals surface area contributed by atoms with Crippen LogP contribution < -0.4 is 5.73 Å². The Hall–Kier alpha value is -1.98. The molecule has 0 heterocycles. The molecule has 4 nitrogen and oxygen atoms in total. The molecule has 1 aliphatic rings. The maximum atomic E-state index is 13.4. The minimum absolute atomic E-state index is 0.151. The minimum atomic E-state index is -2.69. The van der Waals surface area contributed by atoms with E-state index in [4.69, 9.17) is 16.6 Å². The molecule has 0 atom stereocenters. The highest BCUT2D eigenvalue weighted by molar-refractivity contribution is 5.89. The Labute approximate surface area is 116 Å². The number of hydrogen-bond donors (Lipinski definition) is 3. The average Bonchev–Trinajstić information content (AvgIpc) is 2.35. The second-order valence-corrected chi connectivity index (χ2v) is 5.48. The van der Waals surface area contributed by atoms with E-state index < -0.39 is 11.3 Å². The van der Waals surface area contributed by atoms with Gasteiger partial charge in [0.15, 0.2) is 0 Å². The molecule has 0 aliphatic heterocycles. The molecule has 2 rings (SSSR count). The number of nitrogens with two attached hydrogens (primary N) is 1. The molecule has 1 fully saturated rings. The molecule has 20 heavy (non-hydrogen) atoms. The van der Waals surface area contributed by atoms with Crippen molar-refractivity contribution in [3.63, 3.8) is 0 Å². The Morgan fingerprint density at radius 2 is 2.10 bits per heavy atom. The summed E-state index contributed by atoms with van der Waals surface area (Å²) >= 11 is 0. The van der Waals surface area contributed by atoms with Crippen molar-refractivity contribution in [1.29, 1.82) is 10.8 Å². The van der Waals surface area contributed by atoms with Crippen LogP contribution in [0.3, 0.4) is 0 Å². The summed E-state index contributed by atoms with van der Waals surface area (Å²) in [6.07, 6.45) is 0.624. The van der Waals surface area contributed by atoms with Gasteiger partial charge in [-0.15, -0.1) is 0 Å². The SMILES string of the molecule is CN(C=N)C(=N)CC1(c2cccc(N)c2)CC(F)(F)C1. The third-order valence-corrected chi connectivity index (χ3v) is 3.82. The molecular formula is C14H18F2N4. The van der Waals surface area contributed by atoms with Crippen molar-refractivity contribution in [3.8, 4) is 0 Å². The van der Waals surface area contributed by atoms with E-state index >= 15 is 0 Å². The van der Waals surface area contributed by atoms with Crippen LogP contribution >= 0.6 is 0 Å². The number of benzene rings is 1. The third kappa shape index (κ3) is 2.64. The standard InChI is InChI=1S/C14H18F2N4/c1-20(9-17)12(19)6-13(7-14(15,16)8-13)10-3-2-4-11(18)5-10/h2-5,9,17,19H,6-8,18H2,1H3. The zero-order valence-electron chi connectivity index (χ0n) is 11.3. The topological polar surface area (TPSA) is 77.0 Å². The Kier molecular flexibility index (Phi) is 3.50. The van der Waals surface area contributed by atoms with Gasteiger partial charge in [0.25, 0.3) is 0 Å². The number of amidine groups is 1. The summed E-state index contributed by atoms with van der Waals surface area (Å²) in [5.74, 6) is -2.54. The van der Waals surface area contributed by atoms with Crippen molar-refractivity contribution in [2.45, 2.75) is 30.6 Å². The Balaban J connectivity index is 2.28. The van der Waals surface area contributed by atoms with Gasteiger partial charge in [-0.25, -0.2) is 8.78 Å². The van der Waals surface area contributed by atoms with Crippen LogP contribution in [0.4, 0.5) is 14.5 Å². The first-order valence-corrected chi connectivity index (χ1v) is 6.33. The summed E-state index contributed by atoms with van der Waals surface area (Å²) in [6, 6.07) is 6.94. The molecule has 1 aromatic rings. The highest BCUT2D eigenvalue weighted by Crippen LogP contribution is 2.55. The summed E-state index contributed by atoms with van der Waals surface area (Å²) in [6.45, 7) is 0. The van der Waals surface area contributed by atoms with Crippen molar-refractivity contribution >= 4 is 17.9 Å². The molecule has 0 saturated heterocycles. The minimum Gasteiger partial charge on any atom is -0.399 e. The van der Waals surface area contributed by atoms with Crippen molar-refractivity contribution in [1.82, 2.24) is 4.90 Å². The first kappa shape index (κ1) is 14.4. The summed E-state index contributed by atoms with van der Waals surface area (Å²) in [4.78, 5) is 1.32. The van der Waals surface area contributed by atoms with Gasteiger partial charge in [0.2, 0.25) is 5.92 Å². The van der Waals surface area contributed by atoms with E-state index in [9.17, 15) is 8.78 Å². The van der Waals surface area contributed by atoms with Crippen molar-refractivity contribution in [3.05, 3.63) is 29.8 Å². The number of halogens is 2. The predicted molar refractivity (Wildman–Crippen MR) is 75.6 cm³/mol. The van der Waals surface area contributed by atoms with E-state index in [1.54, 1.807) is 31.3 Å². The molecular weight excluding hydrogens is 262 g/mol. The van der Waals surface area contributed by atoms with Gasteiger partial charge in [-0.1, -0.05) is 12.1 Å². The summed E-state index contributed by atoms with van der Waals surface area (Å²) < 4.78 is 26.8. The number of nitrogen functional groups attached to an aromatic ring is 1. The van der Waals surface area contributed by atoms with Crippen LogP contribution in [-0.2, 0) is 5.41 Å². The second kappa shape index (κ2) is 4.85. The van der Waals surface area contributed by atoms with Crippen LogP contribution in [0.15, 0.2) is 24.3 Å². The molecule has 0 aromatic heterocycles. The van der Waals surface area contributed by atoms with Gasteiger partial charge in [-0.05, 0) is 17.7 Å². The smallest absolute Gasteiger partial charge is 0.249 e. The molecule has 108 valence electrons. The third-order valence-electron chi connectivity index (χ3n) is 3.82. The number of anilines is 1. The van der Waals surface area contributed by atoms with E-state index in [2.05, 4.69) is 0 Å². The van der Waals surface area contributed by atoms with Crippen LogP contribution in [0.1, 0.15) is 24.8 Å². The van der Waals surface area contributed by atoms with Crippen molar-refractivity contribution in [2.75, 3.05) is 12.8 Å². The van der Waals surface area contributed by atoms with E-state index in [1.807, 2.05) is 0 Å². The van der Waals surface area contributed by atoms with Gasteiger partial charge in [0.1, 0.15) is 5.84 Å². The normalized spacial score (nSPS) is 18.9. The number of nitrogens with one attached hydrogen (secondary N) is 2. The highest BCUT2D eigenvalue weighted by Gasteiger charge is 2.57. The fourth-order valence-corrected chi connectivity index (χ4v) is 2.76. The molecule has 4 N–H and O–H groups in total. The molecule has 0 radical (unpaired) electrons. The lowest BCUT2D eigenvalue weighted by atomic mass is 9.60. The first-order valence-electron chi connectivity index (χ1n) is 6.33. The molecule has 6 heteroatoms. The van der Waals surface area contributed by atoms with E-state index in [0.29, 0.717) is 5.69 Å². The van der Waals surface area contributed by atoms with Crippen molar-refractivity contribution < 1.29 is 8.78 Å². The van der Waals surface area contributed by atoms with Crippen LogP contribution in [0.25, 0.3) is 0 Å². The Morgan fingerprint density at radius 1 is 1.45 bits per heavy atom. The van der Waals surface area contributed by atoms with E-state index in [0.717, 1.165) is 11.9 Å². The monoisotopic (exact) mass is 280 g/mol. The predicted octanol–water partition coefficient (Wildman–Crippen LogP) is 2.84. The number of alkyl halides is 2. The number of rotatable bonds is 4. The van der Waals surface area contributed by atoms with Crippen molar-refractivity contribution in [2.24, 2.45) is 0 Å². The van der Waals surface area contributed by atoms with Gasteiger partial charge in [-0.2, -0.15) is 0 Å². The molecule has 1 aromatic carbocycles. The van der Waals surface area contributed by atoms with Gasteiger partial charge < -0.3 is 10.6 Å². The van der Waals surface area contributed by atoms with Crippen LogP contribution in [0.5, 0.6) is 0 Å². The summed E-state index contributed by atoms with van der Waals surface area (Å²) in [5.41, 5.74) is 6.25. The lowest BCUT2D eigenvalue weighted by Gasteiger charge is -2.48. The zero-order valence-corrected chi connectivity index (χ0v) is 11.3. The van der Waals surface area contributed by atoms with Crippen LogP contribution in [0, 0.1) is 10.8 Å².